The van der Waals surface area contributed by atoms with Crippen molar-refractivity contribution >= 4 is 11.9 Å². The summed E-state index contributed by atoms with van der Waals surface area (Å²) < 4.78 is 36.5. The second-order valence-electron chi connectivity index (χ2n) is 3.80. The number of nitrogens with zero attached hydrogens (tertiary/aromatic N) is 3. The first-order valence-corrected chi connectivity index (χ1v) is 5.41. The Morgan fingerprint density at radius 3 is 2.70 bits per heavy atom. The van der Waals surface area contributed by atoms with E-state index in [0.29, 0.717) is 5.69 Å². The molecule has 1 heterocycles. The normalized spacial score (nSPS) is 11.3. The molecule has 11 heteroatoms. The molecule has 0 aliphatic carbocycles. The SMILES string of the molecule is O=C(O)Cn1cc(CNC(=O)CNCC(F)(F)F)nn1. The van der Waals surface area contributed by atoms with Crippen molar-refractivity contribution in [1.82, 2.24) is 25.6 Å². The highest BCUT2D eigenvalue weighted by Crippen LogP contribution is 2.11. The molecule has 0 unspecified atom stereocenters. The number of carboxylic acid groups (broad SMARTS) is 1. The molecule has 0 bridgehead atoms. The smallest absolute Gasteiger partial charge is 0.401 e. The summed E-state index contributed by atoms with van der Waals surface area (Å²) in [6, 6.07) is 0. The zero-order chi connectivity index (χ0) is 15.2. The monoisotopic (exact) mass is 295 g/mol. The standard InChI is InChI=1S/C9H12F3N5O3/c10-9(11,12)5-13-2-7(18)14-1-6-3-17(16-15-6)4-8(19)20/h3,13H,1-2,4-5H2,(H,14,18)(H,19,20). The minimum atomic E-state index is -4.38. The van der Waals surface area contributed by atoms with E-state index in [2.05, 4.69) is 15.6 Å². The highest BCUT2D eigenvalue weighted by atomic mass is 19.4. The number of aromatic nitrogens is 3. The lowest BCUT2D eigenvalue weighted by Crippen LogP contribution is -2.38. The second-order valence-corrected chi connectivity index (χ2v) is 3.80. The third-order valence-corrected chi connectivity index (χ3v) is 1.96. The fourth-order valence-electron chi connectivity index (χ4n) is 1.20. The first-order valence-electron chi connectivity index (χ1n) is 5.41. The Bertz CT molecular complexity index is 474. The molecule has 0 spiro atoms. The van der Waals surface area contributed by atoms with Crippen molar-refractivity contribution in [2.45, 2.75) is 19.3 Å². The molecular weight excluding hydrogens is 283 g/mol. The summed E-state index contributed by atoms with van der Waals surface area (Å²) in [5.74, 6) is -1.73. The van der Waals surface area contributed by atoms with Crippen LogP contribution in [0.5, 0.6) is 0 Å². The quantitative estimate of drug-likeness (QED) is 0.603. The van der Waals surface area contributed by atoms with Gasteiger partial charge < -0.3 is 15.7 Å². The van der Waals surface area contributed by atoms with Gasteiger partial charge in [0.2, 0.25) is 5.91 Å². The van der Waals surface area contributed by atoms with Gasteiger partial charge in [-0.3, -0.25) is 9.59 Å². The summed E-state index contributed by atoms with van der Waals surface area (Å²) in [6.07, 6.45) is -3.06. The Balaban J connectivity index is 2.27. The number of aliphatic carboxylic acids is 1. The zero-order valence-electron chi connectivity index (χ0n) is 10.1. The van der Waals surface area contributed by atoms with E-state index >= 15 is 0 Å². The number of nitrogens with one attached hydrogen (secondary N) is 2. The maximum atomic E-state index is 11.8. The lowest BCUT2D eigenvalue weighted by Gasteiger charge is -2.07. The van der Waals surface area contributed by atoms with Gasteiger partial charge in [-0.2, -0.15) is 13.2 Å². The van der Waals surface area contributed by atoms with Crippen LogP contribution in [0.2, 0.25) is 0 Å². The molecule has 1 rings (SSSR count). The molecule has 8 nitrogen and oxygen atoms in total. The number of halogens is 3. The van der Waals surface area contributed by atoms with Crippen LogP contribution in [0.3, 0.4) is 0 Å². The molecule has 1 aromatic rings. The molecule has 20 heavy (non-hydrogen) atoms. The third-order valence-electron chi connectivity index (χ3n) is 1.96. The molecule has 112 valence electrons. The van der Waals surface area contributed by atoms with E-state index in [9.17, 15) is 22.8 Å². The Labute approximate surface area is 110 Å². The van der Waals surface area contributed by atoms with Crippen molar-refractivity contribution in [1.29, 1.82) is 0 Å². The Kier molecular flexibility index (Phi) is 5.43. The van der Waals surface area contributed by atoms with Crippen LogP contribution in [0.15, 0.2) is 6.20 Å². The minimum absolute atomic E-state index is 0.0495. The average Bonchev–Trinajstić information content (AvgIpc) is 2.71. The summed E-state index contributed by atoms with van der Waals surface area (Å²) >= 11 is 0. The fraction of sp³-hybridized carbons (Fsp3) is 0.556. The third kappa shape index (κ3) is 6.68. The van der Waals surface area contributed by atoms with E-state index in [4.69, 9.17) is 5.11 Å². The predicted molar refractivity (Wildman–Crippen MR) is 58.4 cm³/mol. The molecule has 0 atom stereocenters. The summed E-state index contributed by atoms with van der Waals surface area (Å²) in [7, 11) is 0. The largest absolute Gasteiger partial charge is 0.480 e. The van der Waals surface area contributed by atoms with Crippen molar-refractivity contribution in [3.05, 3.63) is 11.9 Å². The first kappa shape index (κ1) is 15.9. The Morgan fingerprint density at radius 1 is 1.40 bits per heavy atom. The topological polar surface area (TPSA) is 109 Å². The number of rotatable bonds is 7. The Morgan fingerprint density at radius 2 is 2.10 bits per heavy atom. The summed E-state index contributed by atoms with van der Waals surface area (Å²) in [5, 5.41) is 19.8. The molecule has 0 aliphatic heterocycles. The van der Waals surface area contributed by atoms with E-state index < -0.39 is 31.1 Å². The van der Waals surface area contributed by atoms with Gasteiger partial charge in [0.05, 0.1) is 25.8 Å². The van der Waals surface area contributed by atoms with Crippen molar-refractivity contribution in [3.63, 3.8) is 0 Å². The van der Waals surface area contributed by atoms with E-state index in [1.165, 1.54) is 6.20 Å². The summed E-state index contributed by atoms with van der Waals surface area (Å²) in [5.41, 5.74) is 0.301. The highest BCUT2D eigenvalue weighted by molar-refractivity contribution is 5.77. The molecule has 1 amide bonds. The van der Waals surface area contributed by atoms with Crippen LogP contribution in [0.4, 0.5) is 13.2 Å². The maximum Gasteiger partial charge on any atom is 0.401 e. The van der Waals surface area contributed by atoms with E-state index in [0.717, 1.165) is 4.68 Å². The van der Waals surface area contributed by atoms with Crippen LogP contribution < -0.4 is 10.6 Å². The van der Waals surface area contributed by atoms with Gasteiger partial charge in [0.25, 0.3) is 0 Å². The lowest BCUT2D eigenvalue weighted by molar-refractivity contribution is -0.138. The van der Waals surface area contributed by atoms with Crippen LogP contribution in [-0.4, -0.2) is 51.2 Å². The van der Waals surface area contributed by atoms with Gasteiger partial charge in [-0.15, -0.1) is 5.10 Å². The maximum absolute atomic E-state index is 11.8. The molecule has 0 saturated heterocycles. The first-order chi connectivity index (χ1) is 9.26. The van der Waals surface area contributed by atoms with Crippen molar-refractivity contribution in [2.75, 3.05) is 13.1 Å². The van der Waals surface area contributed by atoms with Gasteiger partial charge in [0.15, 0.2) is 0 Å². The molecular formula is C9H12F3N5O3. The van der Waals surface area contributed by atoms with Crippen molar-refractivity contribution in [2.24, 2.45) is 0 Å². The number of carbonyl (C=O) groups excluding carboxylic acids is 1. The molecule has 0 radical (unpaired) electrons. The number of carboxylic acids is 1. The van der Waals surface area contributed by atoms with Gasteiger partial charge in [0, 0.05) is 0 Å². The van der Waals surface area contributed by atoms with E-state index in [1.54, 1.807) is 0 Å². The predicted octanol–water partition coefficient (Wildman–Crippen LogP) is -0.869. The average molecular weight is 295 g/mol. The van der Waals surface area contributed by atoms with Crippen LogP contribution in [0.1, 0.15) is 5.69 Å². The minimum Gasteiger partial charge on any atom is -0.480 e. The van der Waals surface area contributed by atoms with E-state index in [-0.39, 0.29) is 13.1 Å². The highest BCUT2D eigenvalue weighted by Gasteiger charge is 2.26. The Hall–Kier alpha value is -2.17. The zero-order valence-corrected chi connectivity index (χ0v) is 10.1. The number of amides is 1. The van der Waals surface area contributed by atoms with Crippen LogP contribution in [0.25, 0.3) is 0 Å². The number of carbonyl (C=O) groups is 2. The lowest BCUT2D eigenvalue weighted by atomic mass is 10.4. The fourth-order valence-corrected chi connectivity index (χ4v) is 1.20. The molecule has 0 saturated carbocycles. The molecule has 0 aliphatic rings. The summed E-state index contributed by atoms with van der Waals surface area (Å²) in [6.45, 7) is -2.15. The molecule has 3 N–H and O–H groups in total. The van der Waals surface area contributed by atoms with Crippen LogP contribution >= 0.6 is 0 Å². The van der Waals surface area contributed by atoms with Gasteiger partial charge >= 0.3 is 12.1 Å². The van der Waals surface area contributed by atoms with Crippen LogP contribution in [0, 0.1) is 0 Å². The number of hydrogen-bond acceptors (Lipinski definition) is 5. The van der Waals surface area contributed by atoms with Crippen molar-refractivity contribution in [3.8, 4) is 0 Å². The van der Waals surface area contributed by atoms with Crippen LogP contribution in [-0.2, 0) is 22.7 Å². The van der Waals surface area contributed by atoms with Crippen molar-refractivity contribution < 1.29 is 27.9 Å². The molecule has 0 aromatic carbocycles. The van der Waals surface area contributed by atoms with E-state index in [1.807, 2.05) is 5.32 Å². The van der Waals surface area contributed by atoms with Gasteiger partial charge in [0.1, 0.15) is 12.2 Å². The van der Waals surface area contributed by atoms with Gasteiger partial charge in [-0.1, -0.05) is 5.21 Å². The number of hydrogen-bond donors (Lipinski definition) is 3. The summed E-state index contributed by atoms with van der Waals surface area (Å²) in [4.78, 5) is 21.6. The molecule has 1 aromatic heterocycles. The number of alkyl halides is 3. The second kappa shape index (κ2) is 6.84. The van der Waals surface area contributed by atoms with Gasteiger partial charge in [-0.25, -0.2) is 4.68 Å². The van der Waals surface area contributed by atoms with Gasteiger partial charge in [-0.05, 0) is 0 Å². The molecule has 0 fully saturated rings.